The molecule has 0 bridgehead atoms. The molecule has 1 aromatic rings. The van der Waals surface area contributed by atoms with Crippen LogP contribution in [-0.2, 0) is 11.2 Å². The fourth-order valence-electron chi connectivity index (χ4n) is 0.565. The van der Waals surface area contributed by atoms with Crippen LogP contribution in [0.5, 0.6) is 0 Å². The number of aliphatic imine (C=N–C) groups is 1. The van der Waals surface area contributed by atoms with E-state index in [9.17, 15) is 4.79 Å². The molecular weight excluding hydrogens is 132 g/mol. The summed E-state index contributed by atoms with van der Waals surface area (Å²) >= 11 is 0. The maximum Gasteiger partial charge on any atom is 0.261 e. The molecule has 0 aromatic carbocycles. The van der Waals surface area contributed by atoms with Gasteiger partial charge < -0.3 is 4.52 Å². The van der Waals surface area contributed by atoms with Crippen molar-refractivity contribution in [3.63, 3.8) is 0 Å². The van der Waals surface area contributed by atoms with Crippen LogP contribution in [0.15, 0.2) is 15.6 Å². The zero-order chi connectivity index (χ0) is 7.40. The van der Waals surface area contributed by atoms with Crippen molar-refractivity contribution in [2.45, 2.75) is 13.3 Å². The first kappa shape index (κ1) is 6.71. The second-order valence-electron chi connectivity index (χ2n) is 1.71. The van der Waals surface area contributed by atoms with Crippen molar-refractivity contribution in [2.75, 3.05) is 0 Å². The molecule has 0 radical (unpaired) electrons. The topological polar surface area (TPSA) is 55.5 Å². The average molecular weight is 138 g/mol. The highest BCUT2D eigenvalue weighted by molar-refractivity contribution is 5.42. The van der Waals surface area contributed by atoms with Crippen LogP contribution in [0.2, 0.25) is 0 Å². The largest absolute Gasteiger partial charge is 0.335 e. The van der Waals surface area contributed by atoms with Crippen molar-refractivity contribution in [3.8, 4) is 0 Å². The Morgan fingerprint density at radius 2 is 2.70 bits per heavy atom. The number of hydrogen-bond donors (Lipinski definition) is 0. The fourth-order valence-corrected chi connectivity index (χ4v) is 0.565. The third-order valence-corrected chi connectivity index (χ3v) is 1.06. The molecule has 0 N–H and O–H groups in total. The van der Waals surface area contributed by atoms with Gasteiger partial charge in [-0.3, -0.25) is 0 Å². The Morgan fingerprint density at radius 1 is 1.90 bits per heavy atom. The number of nitrogens with zero attached hydrogens (tertiary/aromatic N) is 2. The van der Waals surface area contributed by atoms with Crippen LogP contribution in [0, 0.1) is 0 Å². The van der Waals surface area contributed by atoms with Crippen LogP contribution >= 0.6 is 0 Å². The quantitative estimate of drug-likeness (QED) is 0.455. The predicted octanol–water partition coefficient (Wildman–Crippen LogP) is 1.20. The minimum Gasteiger partial charge on any atom is -0.335 e. The molecule has 0 aliphatic rings. The summed E-state index contributed by atoms with van der Waals surface area (Å²) in [6.07, 6.45) is 2.14. The van der Waals surface area contributed by atoms with Crippen LogP contribution in [-0.4, -0.2) is 11.2 Å². The molecule has 0 saturated carbocycles. The minimum atomic E-state index is 0.215. The van der Waals surface area contributed by atoms with E-state index >= 15 is 0 Å². The van der Waals surface area contributed by atoms with Crippen molar-refractivity contribution in [2.24, 2.45) is 4.99 Å². The molecule has 0 spiro atoms. The molecule has 0 atom stereocenters. The van der Waals surface area contributed by atoms with E-state index in [0.29, 0.717) is 0 Å². The van der Waals surface area contributed by atoms with Gasteiger partial charge in [0, 0.05) is 6.07 Å². The van der Waals surface area contributed by atoms with Gasteiger partial charge in [-0.25, -0.2) is 4.79 Å². The highest BCUT2D eigenvalue weighted by Crippen LogP contribution is 2.11. The molecule has 1 heterocycles. The van der Waals surface area contributed by atoms with Gasteiger partial charge in [0.25, 0.3) is 5.88 Å². The molecule has 0 saturated heterocycles. The van der Waals surface area contributed by atoms with E-state index in [1.807, 2.05) is 6.92 Å². The van der Waals surface area contributed by atoms with E-state index in [0.717, 1.165) is 12.1 Å². The number of aryl methyl sites for hydroxylation is 1. The van der Waals surface area contributed by atoms with E-state index in [1.54, 1.807) is 6.07 Å². The summed E-state index contributed by atoms with van der Waals surface area (Å²) in [4.78, 5) is 12.9. The second-order valence-corrected chi connectivity index (χ2v) is 1.71. The van der Waals surface area contributed by atoms with Crippen LogP contribution in [0.3, 0.4) is 0 Å². The van der Waals surface area contributed by atoms with Crippen molar-refractivity contribution >= 4 is 12.0 Å². The van der Waals surface area contributed by atoms with Gasteiger partial charge in [-0.15, -0.1) is 4.99 Å². The first-order valence-corrected chi connectivity index (χ1v) is 2.90. The Hall–Kier alpha value is -1.41. The molecule has 0 aliphatic carbocycles. The third-order valence-electron chi connectivity index (χ3n) is 1.06. The third kappa shape index (κ3) is 1.30. The van der Waals surface area contributed by atoms with Crippen LogP contribution in [0.25, 0.3) is 0 Å². The molecule has 52 valence electrons. The first-order valence-electron chi connectivity index (χ1n) is 2.90. The predicted molar refractivity (Wildman–Crippen MR) is 33.7 cm³/mol. The summed E-state index contributed by atoms with van der Waals surface area (Å²) < 4.78 is 4.62. The fraction of sp³-hybridized carbons (Fsp3) is 0.333. The Labute approximate surface area is 57.5 Å². The smallest absolute Gasteiger partial charge is 0.261 e. The van der Waals surface area contributed by atoms with Gasteiger partial charge in [0.05, 0.1) is 5.69 Å². The zero-order valence-electron chi connectivity index (χ0n) is 5.50. The van der Waals surface area contributed by atoms with Gasteiger partial charge in [-0.1, -0.05) is 12.1 Å². The van der Waals surface area contributed by atoms with Crippen LogP contribution in [0.1, 0.15) is 12.6 Å². The Kier molecular flexibility index (Phi) is 1.97. The van der Waals surface area contributed by atoms with E-state index in [1.165, 1.54) is 6.08 Å². The van der Waals surface area contributed by atoms with E-state index < -0.39 is 0 Å². The van der Waals surface area contributed by atoms with E-state index in [2.05, 4.69) is 14.7 Å². The monoisotopic (exact) mass is 138 g/mol. The molecule has 0 fully saturated rings. The lowest BCUT2D eigenvalue weighted by molar-refractivity contribution is 0.422. The average Bonchev–Trinajstić information content (AvgIpc) is 2.37. The summed E-state index contributed by atoms with van der Waals surface area (Å²) in [5, 5.41) is 3.61. The first-order chi connectivity index (χ1) is 4.86. The maximum absolute atomic E-state index is 9.69. The SMILES string of the molecule is CCc1cc(N=C=O)on1. The van der Waals surface area contributed by atoms with Crippen molar-refractivity contribution in [1.82, 2.24) is 5.16 Å². The summed E-state index contributed by atoms with van der Waals surface area (Å²) in [5.41, 5.74) is 0.786. The minimum absolute atomic E-state index is 0.215. The van der Waals surface area contributed by atoms with E-state index in [-0.39, 0.29) is 5.88 Å². The Balaban J connectivity index is 2.87. The summed E-state index contributed by atoms with van der Waals surface area (Å²) in [6.45, 7) is 1.94. The molecule has 1 aromatic heterocycles. The summed E-state index contributed by atoms with van der Waals surface area (Å²) in [6, 6.07) is 1.60. The van der Waals surface area contributed by atoms with Gasteiger partial charge in [0.2, 0.25) is 6.08 Å². The van der Waals surface area contributed by atoms with Gasteiger partial charge in [0.15, 0.2) is 0 Å². The normalized spacial score (nSPS) is 8.90. The second kappa shape index (κ2) is 2.94. The number of rotatable bonds is 2. The van der Waals surface area contributed by atoms with Crippen molar-refractivity contribution in [3.05, 3.63) is 11.8 Å². The molecule has 0 aliphatic heterocycles. The lowest BCUT2D eigenvalue weighted by Crippen LogP contribution is -1.73. The van der Waals surface area contributed by atoms with Gasteiger partial charge in [-0.2, -0.15) is 0 Å². The highest BCUT2D eigenvalue weighted by Gasteiger charge is 1.98. The van der Waals surface area contributed by atoms with Crippen molar-refractivity contribution in [1.29, 1.82) is 0 Å². The highest BCUT2D eigenvalue weighted by atomic mass is 16.5. The number of carbonyl (C=O) groups excluding carboxylic acids is 1. The molecular formula is C6H6N2O2. The van der Waals surface area contributed by atoms with Gasteiger partial charge in [-0.05, 0) is 6.42 Å². The van der Waals surface area contributed by atoms with Crippen LogP contribution < -0.4 is 0 Å². The lowest BCUT2D eigenvalue weighted by atomic mass is 10.3. The van der Waals surface area contributed by atoms with Gasteiger partial charge in [0.1, 0.15) is 0 Å². The van der Waals surface area contributed by atoms with Gasteiger partial charge >= 0.3 is 0 Å². The molecule has 10 heavy (non-hydrogen) atoms. The van der Waals surface area contributed by atoms with Crippen molar-refractivity contribution < 1.29 is 9.32 Å². The van der Waals surface area contributed by atoms with Crippen LogP contribution in [0.4, 0.5) is 5.88 Å². The maximum atomic E-state index is 9.69. The molecule has 0 amide bonds. The molecule has 4 heteroatoms. The zero-order valence-corrected chi connectivity index (χ0v) is 5.50. The number of hydrogen-bond acceptors (Lipinski definition) is 4. The Morgan fingerprint density at radius 3 is 3.20 bits per heavy atom. The van der Waals surface area contributed by atoms with E-state index in [4.69, 9.17) is 0 Å². The molecule has 1 rings (SSSR count). The number of isocyanates is 1. The number of aromatic nitrogens is 1. The standard InChI is InChI=1S/C6H6N2O2/c1-2-5-3-6(7-4-9)10-8-5/h3H,2H2,1H3. The lowest BCUT2D eigenvalue weighted by Gasteiger charge is -1.74. The summed E-state index contributed by atoms with van der Waals surface area (Å²) in [5.74, 6) is 0.215. The molecule has 0 unspecified atom stereocenters. The molecule has 4 nitrogen and oxygen atoms in total. The summed E-state index contributed by atoms with van der Waals surface area (Å²) in [7, 11) is 0. The Bertz CT molecular complexity index is 260.